The molecule has 0 bridgehead atoms. The third kappa shape index (κ3) is 9.97. The van der Waals surface area contributed by atoms with Crippen molar-refractivity contribution in [2.45, 2.75) is 63.2 Å². The summed E-state index contributed by atoms with van der Waals surface area (Å²) in [4.78, 5) is 37.1. The first kappa shape index (κ1) is 42.6. The molecule has 0 saturated heterocycles. The van der Waals surface area contributed by atoms with Crippen LogP contribution in [0, 0.1) is 50.4 Å². The van der Waals surface area contributed by atoms with Crippen LogP contribution in [0.1, 0.15) is 79.8 Å². The molecule has 276 valence electrons. The second kappa shape index (κ2) is 20.4. The van der Waals surface area contributed by atoms with Gasteiger partial charge in [-0.05, 0) is 130 Å². The molecule has 0 fully saturated rings. The lowest BCUT2D eigenvalue weighted by Crippen LogP contribution is -2.30. The van der Waals surface area contributed by atoms with Gasteiger partial charge >= 0.3 is 0 Å². The lowest BCUT2D eigenvalue weighted by atomic mass is 10.1. The van der Waals surface area contributed by atoms with Gasteiger partial charge in [-0.2, -0.15) is 10.5 Å². The van der Waals surface area contributed by atoms with Crippen LogP contribution in [0.3, 0.4) is 0 Å². The summed E-state index contributed by atoms with van der Waals surface area (Å²) >= 11 is 3.37. The first-order valence-electron chi connectivity index (χ1n) is 17.0. The van der Waals surface area contributed by atoms with Crippen LogP contribution in [-0.2, 0) is 0 Å². The lowest BCUT2D eigenvalue weighted by Gasteiger charge is -2.14. The summed E-state index contributed by atoms with van der Waals surface area (Å²) in [5.74, 6) is 9.36. The minimum atomic E-state index is -0.207. The van der Waals surface area contributed by atoms with Gasteiger partial charge in [0.1, 0.15) is 12.1 Å². The monoisotopic (exact) mass is 750 g/mol. The summed E-state index contributed by atoms with van der Waals surface area (Å²) in [6.45, 7) is 9.43. The normalized spacial score (nSPS) is 11.5. The molecule has 0 atom stereocenters. The van der Waals surface area contributed by atoms with Crippen LogP contribution in [0.15, 0.2) is 70.7 Å². The minimum Gasteiger partial charge on any atom is -0.412 e. The largest absolute Gasteiger partial charge is 0.412 e. The summed E-state index contributed by atoms with van der Waals surface area (Å²) in [5, 5.41) is 20.9. The van der Waals surface area contributed by atoms with Gasteiger partial charge in [0.05, 0.1) is 33.3 Å². The number of nitrogens with two attached hydrogens (primary N) is 3. The Morgan fingerprint density at radius 3 is 1.51 bits per heavy atom. The number of carbonyl (C=O) groups excluding carboxylic acids is 2. The summed E-state index contributed by atoms with van der Waals surface area (Å²) < 4.78 is 0. The maximum atomic E-state index is 12.4. The number of hydrogen-bond acceptors (Lipinski definition) is 11. The fourth-order valence-corrected chi connectivity index (χ4v) is 7.99. The van der Waals surface area contributed by atoms with Crippen LogP contribution in [0.4, 0.5) is 0 Å². The van der Waals surface area contributed by atoms with E-state index in [0.29, 0.717) is 28.8 Å². The molecular weight excluding hydrogens is 705 g/mol. The topological polar surface area (TPSA) is 220 Å². The maximum Gasteiger partial charge on any atom is 0.261 e. The zero-order valence-electron chi connectivity index (χ0n) is 30.5. The van der Waals surface area contributed by atoms with Crippen LogP contribution in [-0.4, -0.2) is 56.8 Å². The van der Waals surface area contributed by atoms with Gasteiger partial charge in [-0.25, -0.2) is 0 Å². The van der Waals surface area contributed by atoms with Crippen LogP contribution < -0.4 is 17.4 Å². The van der Waals surface area contributed by atoms with E-state index in [2.05, 4.69) is 85.8 Å². The van der Waals surface area contributed by atoms with Gasteiger partial charge in [0.25, 0.3) is 11.8 Å². The van der Waals surface area contributed by atoms with Crippen molar-refractivity contribution in [1.29, 1.82) is 10.5 Å². The third-order valence-electron chi connectivity index (χ3n) is 8.85. The second-order valence-corrected chi connectivity index (χ2v) is 14.6. The SMILES string of the molecule is Cc1cc2ncc(C#N)c(SCCCCN)c2cc1C.Cc1cc2ncc(C#N)c(SCCCCN3C(=O)c4ccccc4C3=O)c2cc1C.NN.O. The number of amides is 2. The van der Waals surface area contributed by atoms with E-state index in [1.165, 1.54) is 27.2 Å². The summed E-state index contributed by atoms with van der Waals surface area (Å²) in [5.41, 5.74) is 14.4. The van der Waals surface area contributed by atoms with E-state index in [0.717, 1.165) is 75.3 Å². The lowest BCUT2D eigenvalue weighted by molar-refractivity contribution is 0.0652. The highest BCUT2D eigenvalue weighted by Crippen LogP contribution is 2.34. The number of nitrogens with zero attached hydrogens (tertiary/aromatic N) is 5. The number of aromatic nitrogens is 2. The Morgan fingerprint density at radius 2 is 1.09 bits per heavy atom. The highest BCUT2D eigenvalue weighted by molar-refractivity contribution is 7.99. The molecule has 0 radical (unpaired) electrons. The van der Waals surface area contributed by atoms with Crippen molar-refractivity contribution >= 4 is 57.1 Å². The Hall–Kier alpha value is -4.86. The second-order valence-electron chi connectivity index (χ2n) is 12.3. The molecule has 0 unspecified atom stereocenters. The van der Waals surface area contributed by atoms with Crippen molar-refractivity contribution < 1.29 is 15.1 Å². The minimum absolute atomic E-state index is 0. The van der Waals surface area contributed by atoms with Crippen molar-refractivity contribution in [1.82, 2.24) is 14.9 Å². The first-order valence-corrected chi connectivity index (χ1v) is 19.0. The van der Waals surface area contributed by atoms with Gasteiger partial charge in [-0.15, -0.1) is 23.5 Å². The Labute approximate surface area is 319 Å². The van der Waals surface area contributed by atoms with Crippen molar-refractivity contribution in [3.05, 3.63) is 105 Å². The Morgan fingerprint density at radius 1 is 0.679 bits per heavy atom. The van der Waals surface area contributed by atoms with Gasteiger partial charge in [0, 0.05) is 39.5 Å². The Kier molecular flexibility index (Phi) is 16.4. The van der Waals surface area contributed by atoms with Crippen molar-refractivity contribution in [3.8, 4) is 12.1 Å². The molecule has 0 saturated carbocycles. The highest BCUT2D eigenvalue weighted by Gasteiger charge is 2.34. The molecule has 6 rings (SSSR count). The number of fused-ring (bicyclic) bond motifs is 3. The fraction of sp³-hybridized carbons (Fsp3) is 0.300. The summed E-state index contributed by atoms with van der Waals surface area (Å²) in [6.07, 6.45) is 6.97. The summed E-state index contributed by atoms with van der Waals surface area (Å²) in [6, 6.07) is 19.8. The standard InChI is InChI=1S/C24H21N3O2S.C16H19N3S.H4N2.H2O/c1-15-11-20-21(12-16(15)2)26-14-17(13-25)22(20)30-10-6-5-9-27-23(28)18-7-3-4-8-19(18)24(27)29;1-11-7-14-15(8-12(11)2)19-10-13(9-18)16(14)20-6-4-3-5-17;1-2;/h3-4,7-8,11-12,14H,5-6,9-10H2,1-2H3;7-8,10H,3-6,17H2,1-2H3;1-2H2;1H2. The maximum absolute atomic E-state index is 12.4. The highest BCUT2D eigenvalue weighted by atomic mass is 32.2. The number of imide groups is 1. The zero-order chi connectivity index (χ0) is 37.8. The molecule has 13 heteroatoms. The Balaban J connectivity index is 0.000000287. The quantitative estimate of drug-likeness (QED) is 0.0438. The Bertz CT molecular complexity index is 2140. The summed E-state index contributed by atoms with van der Waals surface area (Å²) in [7, 11) is 0. The van der Waals surface area contributed by atoms with Crippen LogP contribution >= 0.6 is 23.5 Å². The molecule has 0 aliphatic carbocycles. The molecule has 3 aromatic carbocycles. The first-order chi connectivity index (χ1) is 25.2. The molecule has 1 aliphatic rings. The molecule has 1 aliphatic heterocycles. The molecule has 11 nitrogen and oxygen atoms in total. The number of hydrogen-bond donors (Lipinski definition) is 3. The van der Waals surface area contributed by atoms with E-state index >= 15 is 0 Å². The molecule has 3 heterocycles. The van der Waals surface area contributed by atoms with Crippen molar-refractivity contribution in [3.63, 3.8) is 0 Å². The average Bonchev–Trinajstić information content (AvgIpc) is 3.40. The predicted octanol–water partition coefficient (Wildman–Crippen LogP) is 6.44. The molecule has 8 N–H and O–H groups in total. The number of carbonyl (C=O) groups is 2. The molecular formula is C40H46N8O3S2. The molecule has 5 aromatic rings. The van der Waals surface area contributed by atoms with Crippen LogP contribution in [0.5, 0.6) is 0 Å². The van der Waals surface area contributed by atoms with E-state index in [1.807, 2.05) is 0 Å². The van der Waals surface area contributed by atoms with E-state index in [-0.39, 0.29) is 17.3 Å². The number of thioether (sulfide) groups is 2. The van der Waals surface area contributed by atoms with Gasteiger partial charge < -0.3 is 11.2 Å². The average molecular weight is 751 g/mol. The van der Waals surface area contributed by atoms with Crippen LogP contribution in [0.2, 0.25) is 0 Å². The van der Waals surface area contributed by atoms with Gasteiger partial charge in [-0.3, -0.25) is 36.1 Å². The number of rotatable bonds is 11. The molecule has 53 heavy (non-hydrogen) atoms. The fourth-order valence-electron chi connectivity index (χ4n) is 5.73. The zero-order valence-corrected chi connectivity index (χ0v) is 32.2. The van der Waals surface area contributed by atoms with Crippen molar-refractivity contribution in [2.75, 3.05) is 24.6 Å². The number of benzene rings is 3. The van der Waals surface area contributed by atoms with Crippen molar-refractivity contribution in [2.24, 2.45) is 17.4 Å². The van der Waals surface area contributed by atoms with Gasteiger partial charge in [-0.1, -0.05) is 12.1 Å². The van der Waals surface area contributed by atoms with Gasteiger partial charge in [0.2, 0.25) is 0 Å². The molecule has 0 spiro atoms. The van der Waals surface area contributed by atoms with E-state index in [9.17, 15) is 20.1 Å². The molecule has 2 aromatic heterocycles. The number of nitriles is 2. The van der Waals surface area contributed by atoms with E-state index in [1.54, 1.807) is 60.2 Å². The van der Waals surface area contributed by atoms with Gasteiger partial charge in [0.15, 0.2) is 0 Å². The number of unbranched alkanes of at least 4 members (excludes halogenated alkanes) is 2. The third-order valence-corrected chi connectivity index (χ3v) is 11.3. The number of pyridine rings is 2. The number of hydrazine groups is 1. The predicted molar refractivity (Wildman–Crippen MR) is 215 cm³/mol. The van der Waals surface area contributed by atoms with Crippen LogP contribution in [0.25, 0.3) is 21.8 Å². The smallest absolute Gasteiger partial charge is 0.261 e. The molecule has 2 amide bonds. The van der Waals surface area contributed by atoms with E-state index in [4.69, 9.17) is 5.73 Å². The van der Waals surface area contributed by atoms with E-state index < -0.39 is 0 Å². The number of aryl methyl sites for hydroxylation is 4.